The van der Waals surface area contributed by atoms with Gasteiger partial charge in [-0.05, 0) is 50.8 Å². The van der Waals surface area contributed by atoms with Crippen molar-refractivity contribution >= 4 is 11.8 Å². The van der Waals surface area contributed by atoms with Crippen molar-refractivity contribution in [2.75, 3.05) is 19.8 Å². The van der Waals surface area contributed by atoms with E-state index in [1.807, 2.05) is 27.7 Å². The van der Waals surface area contributed by atoms with Gasteiger partial charge in [-0.25, -0.2) is 0 Å². The number of ether oxygens (including phenoxy) is 2. The van der Waals surface area contributed by atoms with Crippen molar-refractivity contribution < 1.29 is 23.6 Å². The van der Waals surface area contributed by atoms with Gasteiger partial charge < -0.3 is 24.6 Å². The highest BCUT2D eigenvalue weighted by Crippen LogP contribution is 2.38. The molecule has 0 bridgehead atoms. The Bertz CT molecular complexity index is 907. The number of carbonyl (C=O) groups excluding carboxylic acids is 2. The van der Waals surface area contributed by atoms with Crippen molar-refractivity contribution in [1.82, 2.24) is 20.8 Å². The zero-order chi connectivity index (χ0) is 22.4. The minimum atomic E-state index is -0.417. The predicted molar refractivity (Wildman–Crippen MR) is 113 cm³/mol. The van der Waals surface area contributed by atoms with E-state index >= 15 is 0 Å². The van der Waals surface area contributed by atoms with Crippen LogP contribution in [0.5, 0.6) is 11.5 Å². The summed E-state index contributed by atoms with van der Waals surface area (Å²) in [5, 5.41) is 9.53. The molecule has 2 aromatic rings. The Hall–Kier alpha value is -3.10. The lowest BCUT2D eigenvalue weighted by Crippen LogP contribution is -2.40. The molecule has 9 nitrogen and oxygen atoms in total. The van der Waals surface area contributed by atoms with Crippen molar-refractivity contribution in [2.45, 2.75) is 52.5 Å². The topological polar surface area (TPSA) is 116 Å². The molecule has 2 amide bonds. The molecule has 1 aliphatic carbocycles. The molecule has 9 heteroatoms. The molecule has 0 aliphatic heterocycles. The van der Waals surface area contributed by atoms with Gasteiger partial charge in [0.15, 0.2) is 17.3 Å². The molecule has 1 atom stereocenters. The molecule has 31 heavy (non-hydrogen) atoms. The second-order valence-electron chi connectivity index (χ2n) is 7.76. The molecule has 0 saturated heterocycles. The van der Waals surface area contributed by atoms with Gasteiger partial charge in [0.1, 0.15) is 6.04 Å². The van der Waals surface area contributed by atoms with E-state index in [9.17, 15) is 9.59 Å². The van der Waals surface area contributed by atoms with Gasteiger partial charge in [-0.3, -0.25) is 9.59 Å². The number of amides is 2. The Kier molecular flexibility index (Phi) is 7.49. The average Bonchev–Trinajstić information content (AvgIpc) is 3.49. The summed E-state index contributed by atoms with van der Waals surface area (Å²) in [5.41, 5.74) is 0.381. The van der Waals surface area contributed by atoms with E-state index in [1.165, 1.54) is 0 Å². The number of carbonyl (C=O) groups is 2. The van der Waals surface area contributed by atoms with E-state index in [2.05, 4.69) is 20.8 Å². The van der Waals surface area contributed by atoms with Crippen LogP contribution in [0.1, 0.15) is 74.6 Å². The third kappa shape index (κ3) is 5.96. The zero-order valence-electron chi connectivity index (χ0n) is 18.4. The summed E-state index contributed by atoms with van der Waals surface area (Å²) >= 11 is 0. The Morgan fingerprint density at radius 2 is 1.87 bits per heavy atom. The van der Waals surface area contributed by atoms with Crippen LogP contribution in [0.3, 0.4) is 0 Å². The molecule has 1 heterocycles. The molecule has 1 fully saturated rings. The third-order valence-corrected chi connectivity index (χ3v) is 4.86. The highest BCUT2D eigenvalue weighted by atomic mass is 16.5. The molecule has 3 rings (SSSR count). The summed E-state index contributed by atoms with van der Waals surface area (Å²) < 4.78 is 16.4. The van der Waals surface area contributed by atoms with E-state index in [0.29, 0.717) is 47.9 Å². The van der Waals surface area contributed by atoms with Gasteiger partial charge in [-0.1, -0.05) is 19.0 Å². The van der Waals surface area contributed by atoms with Crippen LogP contribution in [0.2, 0.25) is 0 Å². The third-order valence-electron chi connectivity index (χ3n) is 4.86. The van der Waals surface area contributed by atoms with Gasteiger partial charge in [0.05, 0.1) is 19.8 Å². The highest BCUT2D eigenvalue weighted by Gasteiger charge is 2.31. The normalized spacial score (nSPS) is 14.2. The van der Waals surface area contributed by atoms with Gasteiger partial charge in [-0.2, -0.15) is 4.98 Å². The van der Waals surface area contributed by atoms with Gasteiger partial charge in [0.2, 0.25) is 11.8 Å². The van der Waals surface area contributed by atoms with Crippen molar-refractivity contribution in [3.8, 4) is 11.5 Å². The summed E-state index contributed by atoms with van der Waals surface area (Å²) in [6, 6.07) is 4.51. The number of nitrogens with one attached hydrogen (secondary N) is 2. The largest absolute Gasteiger partial charge is 0.490 e. The standard InChI is InChI=1S/C22H30N4O5/c1-5-29-16-10-9-15(11-17(16)30-6-2)21(28)23-12-18(27)24-19(13(3)4)22-25-20(26-31-22)14-7-8-14/h9-11,13-14,19H,5-8,12H2,1-4H3,(H,23,28)(H,24,27). The van der Waals surface area contributed by atoms with E-state index in [1.54, 1.807) is 18.2 Å². The molecular weight excluding hydrogens is 400 g/mol. The first-order valence-electron chi connectivity index (χ1n) is 10.7. The van der Waals surface area contributed by atoms with Crippen molar-refractivity contribution in [1.29, 1.82) is 0 Å². The Balaban J connectivity index is 1.58. The highest BCUT2D eigenvalue weighted by molar-refractivity contribution is 5.97. The van der Waals surface area contributed by atoms with Crippen LogP contribution in [-0.2, 0) is 4.79 Å². The van der Waals surface area contributed by atoms with Crippen molar-refractivity contribution in [2.24, 2.45) is 5.92 Å². The lowest BCUT2D eigenvalue weighted by Gasteiger charge is -2.18. The fourth-order valence-electron chi connectivity index (χ4n) is 3.07. The van der Waals surface area contributed by atoms with E-state index in [4.69, 9.17) is 14.0 Å². The molecule has 0 radical (unpaired) electrons. The molecule has 1 unspecified atom stereocenters. The maximum Gasteiger partial charge on any atom is 0.251 e. The number of hydrogen-bond donors (Lipinski definition) is 2. The van der Waals surface area contributed by atoms with Crippen molar-refractivity contribution in [3.63, 3.8) is 0 Å². The maximum atomic E-state index is 12.5. The number of hydrogen-bond acceptors (Lipinski definition) is 7. The fraction of sp³-hybridized carbons (Fsp3) is 0.545. The Labute approximate surface area is 181 Å². The van der Waals surface area contributed by atoms with Gasteiger partial charge >= 0.3 is 0 Å². The molecule has 1 aromatic carbocycles. The lowest BCUT2D eigenvalue weighted by molar-refractivity contribution is -0.121. The summed E-state index contributed by atoms with van der Waals surface area (Å²) in [4.78, 5) is 29.4. The Morgan fingerprint density at radius 1 is 1.16 bits per heavy atom. The zero-order valence-corrected chi connectivity index (χ0v) is 18.4. The van der Waals surface area contributed by atoms with Gasteiger partial charge in [-0.15, -0.1) is 0 Å². The summed E-state index contributed by atoms with van der Waals surface area (Å²) in [7, 11) is 0. The smallest absolute Gasteiger partial charge is 0.251 e. The second kappa shape index (κ2) is 10.3. The number of aromatic nitrogens is 2. The summed E-state index contributed by atoms with van der Waals surface area (Å²) in [6.45, 7) is 8.41. The van der Waals surface area contributed by atoms with Crippen LogP contribution in [0.4, 0.5) is 0 Å². The van der Waals surface area contributed by atoms with Crippen LogP contribution in [-0.4, -0.2) is 41.7 Å². The van der Waals surface area contributed by atoms with Gasteiger partial charge in [0.25, 0.3) is 5.91 Å². The minimum Gasteiger partial charge on any atom is -0.490 e. The first kappa shape index (κ1) is 22.6. The first-order valence-corrected chi connectivity index (χ1v) is 10.7. The predicted octanol–water partition coefficient (Wildman–Crippen LogP) is 2.99. The summed E-state index contributed by atoms with van der Waals surface area (Å²) in [6.07, 6.45) is 2.14. The SMILES string of the molecule is CCOc1ccc(C(=O)NCC(=O)NC(c2nc(C3CC3)no2)C(C)C)cc1OCC. The fourth-order valence-corrected chi connectivity index (χ4v) is 3.07. The molecule has 1 saturated carbocycles. The summed E-state index contributed by atoms with van der Waals surface area (Å²) in [5.74, 6) is 1.85. The lowest BCUT2D eigenvalue weighted by atomic mass is 10.0. The van der Waals surface area contributed by atoms with E-state index in [0.717, 1.165) is 12.8 Å². The van der Waals surface area contributed by atoms with Crippen LogP contribution in [0.15, 0.2) is 22.7 Å². The first-order chi connectivity index (χ1) is 14.9. The minimum absolute atomic E-state index is 0.0482. The molecule has 1 aliphatic rings. The number of nitrogens with zero attached hydrogens (tertiary/aromatic N) is 2. The molecule has 2 N–H and O–H groups in total. The van der Waals surface area contributed by atoms with Gasteiger partial charge in [0, 0.05) is 11.5 Å². The van der Waals surface area contributed by atoms with E-state index in [-0.39, 0.29) is 24.3 Å². The van der Waals surface area contributed by atoms with E-state index < -0.39 is 6.04 Å². The van der Waals surface area contributed by atoms with Crippen LogP contribution in [0.25, 0.3) is 0 Å². The van der Waals surface area contributed by atoms with Crippen LogP contribution >= 0.6 is 0 Å². The molecular formula is C22H30N4O5. The maximum absolute atomic E-state index is 12.5. The van der Waals surface area contributed by atoms with Crippen LogP contribution < -0.4 is 20.1 Å². The number of rotatable bonds is 11. The monoisotopic (exact) mass is 430 g/mol. The second-order valence-corrected chi connectivity index (χ2v) is 7.76. The average molecular weight is 431 g/mol. The number of benzene rings is 1. The molecule has 0 spiro atoms. The quantitative estimate of drug-likeness (QED) is 0.563. The molecule has 168 valence electrons. The molecule has 1 aromatic heterocycles. The van der Waals surface area contributed by atoms with Crippen LogP contribution in [0, 0.1) is 5.92 Å². The van der Waals surface area contributed by atoms with Crippen molar-refractivity contribution in [3.05, 3.63) is 35.5 Å². The Morgan fingerprint density at radius 3 is 2.52 bits per heavy atom.